The molecule has 6 heteroatoms. The number of ether oxygens (including phenoxy) is 2. The van der Waals surface area contributed by atoms with Crippen LogP contribution in [-0.4, -0.2) is 47.1 Å². The molecule has 0 saturated carbocycles. The van der Waals surface area contributed by atoms with Gasteiger partial charge in [0, 0.05) is 5.57 Å². The third-order valence-electron chi connectivity index (χ3n) is 5.14. The molecule has 0 amide bonds. The van der Waals surface area contributed by atoms with E-state index in [1.54, 1.807) is 13.0 Å². The number of hydrogen-bond acceptors (Lipinski definition) is 6. The summed E-state index contributed by atoms with van der Waals surface area (Å²) in [6, 6.07) is 0. The van der Waals surface area contributed by atoms with Crippen molar-refractivity contribution in [3.63, 3.8) is 0 Å². The lowest BCUT2D eigenvalue weighted by Crippen LogP contribution is -2.43. The van der Waals surface area contributed by atoms with Crippen LogP contribution in [0.1, 0.15) is 40.0 Å². The van der Waals surface area contributed by atoms with E-state index in [9.17, 15) is 19.8 Å². The average molecular weight is 364 g/mol. The van der Waals surface area contributed by atoms with E-state index >= 15 is 0 Å². The first-order valence-electron chi connectivity index (χ1n) is 9.05. The molecule has 0 unspecified atom stereocenters. The molecule has 2 rings (SSSR count). The molecule has 1 fully saturated rings. The maximum absolute atomic E-state index is 12.3. The molecule has 6 nitrogen and oxygen atoms in total. The number of carbonyl (C=O) groups excluding carboxylic acids is 2. The van der Waals surface area contributed by atoms with Gasteiger partial charge in [0.1, 0.15) is 12.2 Å². The van der Waals surface area contributed by atoms with E-state index < -0.39 is 36.2 Å². The van der Waals surface area contributed by atoms with Crippen LogP contribution < -0.4 is 0 Å². The molecule has 0 aromatic carbocycles. The topological polar surface area (TPSA) is 93.1 Å². The summed E-state index contributed by atoms with van der Waals surface area (Å²) in [5.41, 5.74) is 1.59. The molecule has 1 heterocycles. The average Bonchev–Trinajstić information content (AvgIpc) is 2.88. The summed E-state index contributed by atoms with van der Waals surface area (Å²) in [5, 5.41) is 20.8. The van der Waals surface area contributed by atoms with Gasteiger partial charge in [-0.05, 0) is 37.8 Å². The summed E-state index contributed by atoms with van der Waals surface area (Å²) in [5.74, 6) is -2.09. The number of rotatable bonds is 4. The Morgan fingerprint density at radius 2 is 2.19 bits per heavy atom. The molecule has 0 bridgehead atoms. The monoisotopic (exact) mass is 364 g/mol. The fourth-order valence-electron chi connectivity index (χ4n) is 3.23. The Hall–Kier alpha value is -1.92. The molecule has 144 valence electrons. The van der Waals surface area contributed by atoms with E-state index in [1.165, 1.54) is 0 Å². The normalized spacial score (nSPS) is 34.7. The van der Waals surface area contributed by atoms with Crippen LogP contribution in [0.5, 0.6) is 0 Å². The number of esters is 2. The van der Waals surface area contributed by atoms with Gasteiger partial charge in [-0.25, -0.2) is 4.79 Å². The Morgan fingerprint density at radius 3 is 2.81 bits per heavy atom. The molecule has 1 aliphatic heterocycles. The van der Waals surface area contributed by atoms with Gasteiger partial charge in [0.25, 0.3) is 0 Å². The van der Waals surface area contributed by atoms with Gasteiger partial charge in [0.2, 0.25) is 0 Å². The second-order valence-electron chi connectivity index (χ2n) is 7.07. The fraction of sp³-hybridized carbons (Fsp3) is 0.600. The second-order valence-corrected chi connectivity index (χ2v) is 7.07. The second kappa shape index (κ2) is 8.64. The number of hydrogen-bond donors (Lipinski definition) is 2. The first kappa shape index (κ1) is 20.4. The number of aliphatic hydroxyl groups excluding tert-OH is 2. The first-order valence-corrected chi connectivity index (χ1v) is 9.05. The van der Waals surface area contributed by atoms with Crippen LogP contribution in [0.15, 0.2) is 35.5 Å². The summed E-state index contributed by atoms with van der Waals surface area (Å²) in [6.07, 6.45) is 2.58. The van der Waals surface area contributed by atoms with Crippen LogP contribution in [0.25, 0.3) is 0 Å². The van der Waals surface area contributed by atoms with Gasteiger partial charge in [-0.1, -0.05) is 32.1 Å². The molecule has 0 radical (unpaired) electrons. The number of carbonyl (C=O) groups is 2. The van der Waals surface area contributed by atoms with Crippen LogP contribution >= 0.6 is 0 Å². The lowest BCUT2D eigenvalue weighted by atomic mass is 9.83. The van der Waals surface area contributed by atoms with E-state index in [4.69, 9.17) is 9.47 Å². The highest BCUT2D eigenvalue weighted by molar-refractivity contribution is 5.91. The van der Waals surface area contributed by atoms with Crippen LogP contribution in [0.3, 0.4) is 0 Å². The van der Waals surface area contributed by atoms with Gasteiger partial charge in [-0.15, -0.1) is 0 Å². The minimum Gasteiger partial charge on any atom is -0.455 e. The highest BCUT2D eigenvalue weighted by atomic mass is 16.6. The van der Waals surface area contributed by atoms with Crippen molar-refractivity contribution in [3.05, 3.63) is 35.5 Å². The third kappa shape index (κ3) is 4.24. The number of aliphatic hydroxyl groups is 2. The van der Waals surface area contributed by atoms with E-state index in [1.807, 2.05) is 19.9 Å². The van der Waals surface area contributed by atoms with Crippen molar-refractivity contribution < 1.29 is 29.3 Å². The molecule has 0 aromatic heterocycles. The largest absolute Gasteiger partial charge is 0.455 e. The summed E-state index contributed by atoms with van der Waals surface area (Å²) >= 11 is 0. The van der Waals surface area contributed by atoms with E-state index in [-0.39, 0.29) is 18.1 Å². The van der Waals surface area contributed by atoms with Gasteiger partial charge < -0.3 is 19.7 Å². The van der Waals surface area contributed by atoms with Crippen LogP contribution in [0, 0.1) is 11.8 Å². The van der Waals surface area contributed by atoms with E-state index in [0.717, 1.165) is 5.57 Å². The molecule has 0 spiro atoms. The summed E-state index contributed by atoms with van der Waals surface area (Å²) in [6.45, 7) is 8.94. The van der Waals surface area contributed by atoms with Crippen molar-refractivity contribution in [1.82, 2.24) is 0 Å². The Kier molecular flexibility index (Phi) is 6.78. The van der Waals surface area contributed by atoms with Crippen molar-refractivity contribution in [1.29, 1.82) is 0 Å². The van der Waals surface area contributed by atoms with Gasteiger partial charge >= 0.3 is 11.9 Å². The summed E-state index contributed by atoms with van der Waals surface area (Å²) < 4.78 is 10.9. The van der Waals surface area contributed by atoms with Crippen molar-refractivity contribution in [2.75, 3.05) is 6.61 Å². The van der Waals surface area contributed by atoms with Crippen LogP contribution in [0.4, 0.5) is 0 Å². The minimum atomic E-state index is -1.24. The molecule has 2 aliphatic rings. The Balaban J connectivity index is 2.42. The Bertz CT molecular complexity index is 632. The van der Waals surface area contributed by atoms with Crippen molar-refractivity contribution in [2.24, 2.45) is 11.8 Å². The van der Waals surface area contributed by atoms with Crippen LogP contribution in [-0.2, 0) is 19.1 Å². The predicted molar refractivity (Wildman–Crippen MR) is 96.0 cm³/mol. The lowest BCUT2D eigenvalue weighted by Gasteiger charge is -2.31. The quantitative estimate of drug-likeness (QED) is 0.451. The summed E-state index contributed by atoms with van der Waals surface area (Å²) in [7, 11) is 0. The van der Waals surface area contributed by atoms with Crippen molar-refractivity contribution in [3.8, 4) is 0 Å². The maximum atomic E-state index is 12.3. The van der Waals surface area contributed by atoms with E-state index in [0.29, 0.717) is 24.8 Å². The number of allylic oxidation sites excluding steroid dienone is 2. The zero-order valence-electron chi connectivity index (χ0n) is 15.6. The summed E-state index contributed by atoms with van der Waals surface area (Å²) in [4.78, 5) is 24.3. The molecule has 1 saturated heterocycles. The third-order valence-corrected chi connectivity index (χ3v) is 5.14. The molecule has 2 N–H and O–H groups in total. The predicted octanol–water partition coefficient (Wildman–Crippen LogP) is 2.06. The number of fused-ring (bicyclic) bond motifs is 1. The van der Waals surface area contributed by atoms with Gasteiger partial charge in [-0.3, -0.25) is 4.79 Å². The van der Waals surface area contributed by atoms with Gasteiger partial charge in [0.15, 0.2) is 6.10 Å². The zero-order valence-corrected chi connectivity index (χ0v) is 15.6. The van der Waals surface area contributed by atoms with Crippen LogP contribution in [0.2, 0.25) is 0 Å². The zero-order chi connectivity index (χ0) is 19.4. The minimum absolute atomic E-state index is 0.147. The smallest absolute Gasteiger partial charge is 0.334 e. The maximum Gasteiger partial charge on any atom is 0.334 e. The van der Waals surface area contributed by atoms with Crippen molar-refractivity contribution >= 4 is 11.9 Å². The highest BCUT2D eigenvalue weighted by Crippen LogP contribution is 2.36. The highest BCUT2D eigenvalue weighted by Gasteiger charge is 2.46. The molecule has 1 aliphatic carbocycles. The Morgan fingerprint density at radius 1 is 1.50 bits per heavy atom. The molecule has 5 atom stereocenters. The van der Waals surface area contributed by atoms with Gasteiger partial charge in [0.05, 0.1) is 18.4 Å². The SMILES string of the molecule is C=C1C(=O)O[C@H]2/C=C(/C)CC/C=C(/CO)[C@@H](OC(=O)[C@H](C)CC)[C@H](O)[C@H]12. The molecule has 0 aromatic rings. The first-order chi connectivity index (χ1) is 12.3. The molecule has 26 heavy (non-hydrogen) atoms. The van der Waals surface area contributed by atoms with Gasteiger partial charge in [-0.2, -0.15) is 0 Å². The Labute approximate surface area is 154 Å². The van der Waals surface area contributed by atoms with E-state index in [2.05, 4.69) is 6.58 Å². The van der Waals surface area contributed by atoms with Crippen molar-refractivity contribution in [2.45, 2.75) is 58.3 Å². The lowest BCUT2D eigenvalue weighted by molar-refractivity contribution is -0.159. The standard InChI is InChI=1S/C20H28O6/c1-5-12(3)19(23)26-18-14(10-21)8-6-7-11(2)9-15-16(17(18)22)13(4)20(24)25-15/h8-9,12,15-18,21-22H,4-7,10H2,1-3H3/b11-9-,14-8-/t12-,15+,16-,17-,18-/m1/s1. The molecular formula is C20H28O6. The fourth-order valence-corrected chi connectivity index (χ4v) is 3.23. The molecular weight excluding hydrogens is 336 g/mol.